The lowest BCUT2D eigenvalue weighted by Crippen LogP contribution is -2.38. The van der Waals surface area contributed by atoms with Crippen LogP contribution in [0.3, 0.4) is 0 Å². The van der Waals surface area contributed by atoms with E-state index in [0.29, 0.717) is 28.8 Å². The van der Waals surface area contributed by atoms with Gasteiger partial charge in [0.2, 0.25) is 5.91 Å². The number of halogens is 1. The average Bonchev–Trinajstić information content (AvgIpc) is 2.88. The number of carbonyl (C=O) groups is 1. The van der Waals surface area contributed by atoms with Gasteiger partial charge in [-0.3, -0.25) is 9.10 Å². The smallest absolute Gasteiger partial charge is 0.264 e. The molecule has 1 amide bonds. The first-order chi connectivity index (χ1) is 17.3. The standard InChI is InChI=1S/C28H25ClN2O4S/c1-21-7-5-6-10-27(21)31(36(33,34)26-17-11-23(29)12-18-26)19-28(32)30-24-13-15-25(16-14-24)35-20-22-8-3-2-4-9-22/h2-18H,19-20H2,1H3,(H,30,32). The van der Waals surface area contributed by atoms with Crippen LogP contribution in [-0.2, 0) is 21.4 Å². The number of rotatable bonds is 9. The maximum atomic E-state index is 13.5. The van der Waals surface area contributed by atoms with Gasteiger partial charge in [0.05, 0.1) is 10.6 Å². The molecule has 4 aromatic carbocycles. The van der Waals surface area contributed by atoms with E-state index in [4.69, 9.17) is 16.3 Å². The second kappa shape index (κ2) is 11.3. The first-order valence-electron chi connectivity index (χ1n) is 11.2. The summed E-state index contributed by atoms with van der Waals surface area (Å²) < 4.78 is 33.9. The van der Waals surface area contributed by atoms with Gasteiger partial charge >= 0.3 is 0 Å². The fraction of sp³-hybridized carbons (Fsp3) is 0.107. The topological polar surface area (TPSA) is 75.7 Å². The molecule has 0 aliphatic rings. The highest BCUT2D eigenvalue weighted by Crippen LogP contribution is 2.27. The van der Waals surface area contributed by atoms with Crippen LogP contribution in [0.1, 0.15) is 11.1 Å². The lowest BCUT2D eigenvalue weighted by Gasteiger charge is -2.25. The molecule has 8 heteroatoms. The van der Waals surface area contributed by atoms with Crippen molar-refractivity contribution in [1.82, 2.24) is 0 Å². The minimum absolute atomic E-state index is 0.0443. The Balaban J connectivity index is 1.49. The highest BCUT2D eigenvalue weighted by molar-refractivity contribution is 7.92. The van der Waals surface area contributed by atoms with Crippen LogP contribution in [0.4, 0.5) is 11.4 Å². The van der Waals surface area contributed by atoms with Gasteiger partial charge in [-0.05, 0) is 72.6 Å². The molecule has 6 nitrogen and oxygen atoms in total. The second-order valence-electron chi connectivity index (χ2n) is 8.10. The SMILES string of the molecule is Cc1ccccc1N(CC(=O)Nc1ccc(OCc2ccccc2)cc1)S(=O)(=O)c1ccc(Cl)cc1. The molecular weight excluding hydrogens is 496 g/mol. The third-order valence-electron chi connectivity index (χ3n) is 5.46. The highest BCUT2D eigenvalue weighted by Gasteiger charge is 2.28. The maximum Gasteiger partial charge on any atom is 0.264 e. The summed E-state index contributed by atoms with van der Waals surface area (Å²) in [6, 6.07) is 29.6. The predicted octanol–water partition coefficient (Wildman–Crippen LogP) is 6.06. The number of para-hydroxylation sites is 1. The molecule has 0 atom stereocenters. The lowest BCUT2D eigenvalue weighted by molar-refractivity contribution is -0.114. The Morgan fingerprint density at radius 3 is 2.17 bits per heavy atom. The van der Waals surface area contributed by atoms with Crippen LogP contribution in [0.25, 0.3) is 0 Å². The van der Waals surface area contributed by atoms with E-state index in [1.807, 2.05) is 36.4 Å². The summed E-state index contributed by atoms with van der Waals surface area (Å²) >= 11 is 5.94. The van der Waals surface area contributed by atoms with Crippen molar-refractivity contribution < 1.29 is 17.9 Å². The number of hydrogen-bond acceptors (Lipinski definition) is 4. The molecule has 184 valence electrons. The van der Waals surface area contributed by atoms with E-state index in [1.54, 1.807) is 49.4 Å². The fourth-order valence-electron chi connectivity index (χ4n) is 3.58. The summed E-state index contributed by atoms with van der Waals surface area (Å²) in [5.74, 6) is 0.178. The zero-order valence-electron chi connectivity index (χ0n) is 19.6. The van der Waals surface area contributed by atoms with Gasteiger partial charge in [0.1, 0.15) is 18.9 Å². The number of hydrogen-bond donors (Lipinski definition) is 1. The molecule has 0 spiro atoms. The van der Waals surface area contributed by atoms with E-state index in [9.17, 15) is 13.2 Å². The molecule has 0 aliphatic carbocycles. The van der Waals surface area contributed by atoms with Crippen LogP contribution in [0.2, 0.25) is 5.02 Å². The summed E-state index contributed by atoms with van der Waals surface area (Å²) in [7, 11) is -4.03. The molecule has 4 aromatic rings. The van der Waals surface area contributed by atoms with Crippen molar-refractivity contribution in [3.05, 3.63) is 119 Å². The van der Waals surface area contributed by atoms with Crippen LogP contribution in [0, 0.1) is 6.92 Å². The molecule has 0 aliphatic heterocycles. The minimum atomic E-state index is -4.03. The Labute approximate surface area is 216 Å². The molecule has 36 heavy (non-hydrogen) atoms. The molecule has 0 fully saturated rings. The van der Waals surface area contributed by atoms with Gasteiger partial charge in [0, 0.05) is 10.7 Å². The van der Waals surface area contributed by atoms with Gasteiger partial charge in [0.25, 0.3) is 10.0 Å². The van der Waals surface area contributed by atoms with Gasteiger partial charge in [-0.25, -0.2) is 8.42 Å². The number of nitrogens with zero attached hydrogens (tertiary/aromatic N) is 1. The zero-order valence-corrected chi connectivity index (χ0v) is 21.2. The normalized spacial score (nSPS) is 11.1. The number of benzene rings is 4. The third-order valence-corrected chi connectivity index (χ3v) is 7.49. The van der Waals surface area contributed by atoms with Crippen LogP contribution in [0.5, 0.6) is 5.75 Å². The molecule has 0 bridgehead atoms. The van der Waals surface area contributed by atoms with Crippen molar-refractivity contribution in [2.24, 2.45) is 0 Å². The summed E-state index contributed by atoms with van der Waals surface area (Å²) in [5, 5.41) is 3.20. The fourth-order valence-corrected chi connectivity index (χ4v) is 5.19. The first-order valence-corrected chi connectivity index (χ1v) is 13.1. The third kappa shape index (κ3) is 6.24. The minimum Gasteiger partial charge on any atom is -0.489 e. The van der Waals surface area contributed by atoms with Gasteiger partial charge in [-0.15, -0.1) is 0 Å². The molecule has 1 N–H and O–H groups in total. The van der Waals surface area contributed by atoms with Gasteiger partial charge in [-0.1, -0.05) is 60.1 Å². The molecule has 0 aromatic heterocycles. The van der Waals surface area contributed by atoms with Crippen molar-refractivity contribution >= 4 is 38.9 Å². The summed E-state index contributed by atoms with van der Waals surface area (Å²) in [4.78, 5) is 13.0. The van der Waals surface area contributed by atoms with E-state index in [0.717, 1.165) is 15.4 Å². The summed E-state index contributed by atoms with van der Waals surface area (Å²) in [6.45, 7) is 1.83. The van der Waals surface area contributed by atoms with E-state index < -0.39 is 22.5 Å². The lowest BCUT2D eigenvalue weighted by atomic mass is 10.2. The monoisotopic (exact) mass is 520 g/mol. The van der Waals surface area contributed by atoms with Crippen molar-refractivity contribution in [1.29, 1.82) is 0 Å². The zero-order chi connectivity index (χ0) is 25.5. The molecular formula is C28H25ClN2O4S. The number of anilines is 2. The van der Waals surface area contributed by atoms with E-state index in [1.165, 1.54) is 24.3 Å². The number of ether oxygens (including phenoxy) is 1. The van der Waals surface area contributed by atoms with Gasteiger partial charge < -0.3 is 10.1 Å². The Morgan fingerprint density at radius 1 is 0.861 bits per heavy atom. The van der Waals surface area contributed by atoms with Crippen molar-refractivity contribution in [2.75, 3.05) is 16.2 Å². The highest BCUT2D eigenvalue weighted by atomic mass is 35.5. The van der Waals surface area contributed by atoms with Crippen LogP contribution in [0.15, 0.2) is 108 Å². The second-order valence-corrected chi connectivity index (χ2v) is 10.4. The average molecular weight is 521 g/mol. The Bertz CT molecular complexity index is 1420. The maximum absolute atomic E-state index is 13.5. The Kier molecular flexibility index (Phi) is 7.93. The Hall–Kier alpha value is -3.81. The van der Waals surface area contributed by atoms with Crippen LogP contribution >= 0.6 is 11.6 Å². The van der Waals surface area contributed by atoms with E-state index >= 15 is 0 Å². The Morgan fingerprint density at radius 2 is 1.50 bits per heavy atom. The first kappa shape index (κ1) is 25.3. The van der Waals surface area contributed by atoms with Gasteiger partial charge in [0.15, 0.2) is 0 Å². The van der Waals surface area contributed by atoms with Crippen LogP contribution < -0.4 is 14.4 Å². The number of aryl methyl sites for hydroxylation is 1. The van der Waals surface area contributed by atoms with Crippen molar-refractivity contribution in [3.63, 3.8) is 0 Å². The quantitative estimate of drug-likeness (QED) is 0.291. The van der Waals surface area contributed by atoms with Crippen molar-refractivity contribution in [2.45, 2.75) is 18.4 Å². The molecule has 0 saturated heterocycles. The van der Waals surface area contributed by atoms with E-state index in [-0.39, 0.29) is 4.90 Å². The predicted molar refractivity (Wildman–Crippen MR) is 143 cm³/mol. The van der Waals surface area contributed by atoms with E-state index in [2.05, 4.69) is 5.32 Å². The largest absolute Gasteiger partial charge is 0.489 e. The molecule has 0 saturated carbocycles. The molecule has 4 rings (SSSR count). The molecule has 0 unspecified atom stereocenters. The number of carbonyl (C=O) groups excluding carboxylic acids is 1. The number of sulfonamides is 1. The number of nitrogens with one attached hydrogen (secondary N) is 1. The van der Waals surface area contributed by atoms with Crippen LogP contribution in [-0.4, -0.2) is 20.9 Å². The summed E-state index contributed by atoms with van der Waals surface area (Å²) in [5.41, 5.74) is 2.73. The summed E-state index contributed by atoms with van der Waals surface area (Å²) in [6.07, 6.45) is 0. The number of amides is 1. The molecule has 0 radical (unpaired) electrons. The van der Waals surface area contributed by atoms with Crippen molar-refractivity contribution in [3.8, 4) is 5.75 Å². The van der Waals surface area contributed by atoms with Gasteiger partial charge in [-0.2, -0.15) is 0 Å². The molecule has 0 heterocycles.